The highest BCUT2D eigenvalue weighted by Crippen LogP contribution is 2.37. The summed E-state index contributed by atoms with van der Waals surface area (Å²) in [7, 11) is 0. The summed E-state index contributed by atoms with van der Waals surface area (Å²) in [5.74, 6) is 0.524. The Morgan fingerprint density at radius 1 is 1.18 bits per heavy atom. The maximum Gasteiger partial charge on any atom is 0.122 e. The van der Waals surface area contributed by atoms with Crippen LogP contribution in [0.5, 0.6) is 5.75 Å². The Bertz CT molecular complexity index is 377. The zero-order chi connectivity index (χ0) is 13.1. The minimum absolute atomic E-state index is 0.0526. The van der Waals surface area contributed by atoms with Gasteiger partial charge in [0.1, 0.15) is 5.75 Å². The molecule has 1 aromatic carbocycles. The third-order valence-corrected chi connectivity index (χ3v) is 3.75. The molecule has 0 bridgehead atoms. The van der Waals surface area contributed by atoms with Crippen molar-refractivity contribution >= 4 is 0 Å². The van der Waals surface area contributed by atoms with Crippen molar-refractivity contribution in [3.8, 4) is 5.75 Å². The lowest BCUT2D eigenvalue weighted by Gasteiger charge is -2.26. The minimum atomic E-state index is 0.0526. The first-order valence-electron chi connectivity index (χ1n) is 6.75. The predicted octanol–water partition coefficient (Wildman–Crippen LogP) is 4.73. The Hall–Kier alpha value is -0.980. The average Bonchev–Trinajstić information content (AvgIpc) is 2.29. The number of phenols is 1. The van der Waals surface area contributed by atoms with Gasteiger partial charge in [0.05, 0.1) is 0 Å². The van der Waals surface area contributed by atoms with E-state index in [-0.39, 0.29) is 5.41 Å². The first-order chi connectivity index (χ1) is 7.92. The van der Waals surface area contributed by atoms with Crippen LogP contribution in [0.2, 0.25) is 0 Å². The van der Waals surface area contributed by atoms with E-state index < -0.39 is 0 Å². The molecule has 0 aliphatic rings. The van der Waals surface area contributed by atoms with E-state index in [1.54, 1.807) is 0 Å². The lowest BCUT2D eigenvalue weighted by atomic mass is 9.79. The fourth-order valence-electron chi connectivity index (χ4n) is 2.12. The quantitative estimate of drug-likeness (QED) is 0.780. The average molecular weight is 234 g/mol. The van der Waals surface area contributed by atoms with Crippen LogP contribution in [-0.2, 0) is 11.8 Å². The molecule has 0 aliphatic carbocycles. The highest BCUT2D eigenvalue weighted by molar-refractivity contribution is 5.47. The third-order valence-electron chi connectivity index (χ3n) is 3.75. The number of hydrogen-bond donors (Lipinski definition) is 1. The Kier molecular flexibility index (Phi) is 4.62. The van der Waals surface area contributed by atoms with Gasteiger partial charge < -0.3 is 5.11 Å². The van der Waals surface area contributed by atoms with Crippen LogP contribution >= 0.6 is 0 Å². The molecular weight excluding hydrogens is 208 g/mol. The van der Waals surface area contributed by atoms with E-state index in [4.69, 9.17) is 0 Å². The maximum atomic E-state index is 10.4. The monoisotopic (exact) mass is 234 g/mol. The first-order valence-corrected chi connectivity index (χ1v) is 6.75. The fraction of sp³-hybridized carbons (Fsp3) is 0.625. The summed E-state index contributed by atoms with van der Waals surface area (Å²) >= 11 is 0. The molecule has 1 rings (SSSR count). The molecule has 0 spiro atoms. The van der Waals surface area contributed by atoms with Crippen molar-refractivity contribution in [2.24, 2.45) is 0 Å². The molecule has 0 saturated heterocycles. The molecule has 1 aromatic rings. The Morgan fingerprint density at radius 3 is 2.35 bits per heavy atom. The van der Waals surface area contributed by atoms with Crippen LogP contribution in [0.15, 0.2) is 12.1 Å². The third kappa shape index (κ3) is 3.24. The van der Waals surface area contributed by atoms with Crippen LogP contribution in [0.3, 0.4) is 0 Å². The molecule has 0 saturated carbocycles. The molecule has 0 aliphatic heterocycles. The van der Waals surface area contributed by atoms with Crippen molar-refractivity contribution in [1.29, 1.82) is 0 Å². The van der Waals surface area contributed by atoms with Crippen LogP contribution in [0.25, 0.3) is 0 Å². The largest absolute Gasteiger partial charge is 0.507 e. The Labute approximate surface area is 106 Å². The first kappa shape index (κ1) is 14.1. The molecular formula is C16H26O. The SMILES string of the molecule is CCCCc1cc(C)cc(C(C)(C)CC)c1O. The number of unbranched alkanes of at least 4 members (excludes halogenated alkanes) is 1. The second kappa shape index (κ2) is 5.57. The smallest absolute Gasteiger partial charge is 0.122 e. The summed E-state index contributed by atoms with van der Waals surface area (Å²) in [4.78, 5) is 0. The van der Waals surface area contributed by atoms with Gasteiger partial charge in [0.25, 0.3) is 0 Å². The lowest BCUT2D eigenvalue weighted by molar-refractivity contribution is 0.422. The van der Waals surface area contributed by atoms with Crippen molar-refractivity contribution in [2.75, 3.05) is 0 Å². The van der Waals surface area contributed by atoms with Crippen LogP contribution in [0, 0.1) is 6.92 Å². The molecule has 0 radical (unpaired) electrons. The number of rotatable bonds is 5. The van der Waals surface area contributed by atoms with Crippen molar-refractivity contribution < 1.29 is 5.11 Å². The van der Waals surface area contributed by atoms with E-state index in [1.165, 1.54) is 12.0 Å². The van der Waals surface area contributed by atoms with Gasteiger partial charge in [0.15, 0.2) is 0 Å². The molecule has 1 N–H and O–H groups in total. The van der Waals surface area contributed by atoms with Crippen LogP contribution in [0.4, 0.5) is 0 Å². The molecule has 17 heavy (non-hydrogen) atoms. The topological polar surface area (TPSA) is 20.2 Å². The van der Waals surface area contributed by atoms with E-state index >= 15 is 0 Å². The van der Waals surface area contributed by atoms with Gasteiger partial charge in [-0.25, -0.2) is 0 Å². The summed E-state index contributed by atoms with van der Waals surface area (Å²) < 4.78 is 0. The molecule has 96 valence electrons. The molecule has 0 atom stereocenters. The van der Waals surface area contributed by atoms with Gasteiger partial charge in [-0.3, -0.25) is 0 Å². The van der Waals surface area contributed by atoms with Crippen LogP contribution in [0.1, 0.15) is 63.6 Å². The van der Waals surface area contributed by atoms with Gasteiger partial charge in [-0.05, 0) is 37.2 Å². The predicted molar refractivity (Wildman–Crippen MR) is 74.8 cm³/mol. The molecule has 0 fully saturated rings. The molecule has 0 aromatic heterocycles. The standard InChI is InChI=1S/C16H26O/c1-6-8-9-13-10-12(3)11-14(15(13)17)16(4,5)7-2/h10-11,17H,6-9H2,1-5H3. The van der Waals surface area contributed by atoms with E-state index in [1.807, 2.05) is 0 Å². The van der Waals surface area contributed by atoms with Gasteiger partial charge in [-0.15, -0.1) is 0 Å². The summed E-state index contributed by atoms with van der Waals surface area (Å²) in [6.45, 7) is 10.9. The van der Waals surface area contributed by atoms with E-state index in [2.05, 4.69) is 46.8 Å². The van der Waals surface area contributed by atoms with Crippen molar-refractivity contribution in [1.82, 2.24) is 0 Å². The van der Waals surface area contributed by atoms with Gasteiger partial charge in [-0.1, -0.05) is 51.8 Å². The molecule has 0 unspecified atom stereocenters. The summed E-state index contributed by atoms with van der Waals surface area (Å²) in [5.41, 5.74) is 3.52. The highest BCUT2D eigenvalue weighted by atomic mass is 16.3. The summed E-state index contributed by atoms with van der Waals surface area (Å²) in [5, 5.41) is 10.4. The van der Waals surface area contributed by atoms with Crippen molar-refractivity contribution in [3.63, 3.8) is 0 Å². The molecule has 1 heteroatoms. The molecule has 1 nitrogen and oxygen atoms in total. The van der Waals surface area contributed by atoms with E-state index in [9.17, 15) is 5.11 Å². The molecule has 0 amide bonds. The second-order valence-electron chi connectivity index (χ2n) is 5.66. The maximum absolute atomic E-state index is 10.4. The zero-order valence-electron chi connectivity index (χ0n) is 11.9. The van der Waals surface area contributed by atoms with Crippen LogP contribution in [-0.4, -0.2) is 5.11 Å². The minimum Gasteiger partial charge on any atom is -0.507 e. The number of aryl methyl sites for hydroxylation is 2. The fourth-order valence-corrected chi connectivity index (χ4v) is 2.12. The normalized spacial score (nSPS) is 11.8. The van der Waals surface area contributed by atoms with E-state index in [0.29, 0.717) is 5.75 Å². The zero-order valence-corrected chi connectivity index (χ0v) is 11.9. The number of phenolic OH excluding ortho intramolecular Hbond substituents is 1. The number of hydrogen-bond acceptors (Lipinski definition) is 1. The second-order valence-corrected chi connectivity index (χ2v) is 5.66. The van der Waals surface area contributed by atoms with Gasteiger partial charge >= 0.3 is 0 Å². The lowest BCUT2D eigenvalue weighted by Crippen LogP contribution is -2.16. The Balaban J connectivity index is 3.18. The van der Waals surface area contributed by atoms with Gasteiger partial charge in [-0.2, -0.15) is 0 Å². The van der Waals surface area contributed by atoms with Gasteiger partial charge in [0.2, 0.25) is 0 Å². The summed E-state index contributed by atoms with van der Waals surface area (Å²) in [6.07, 6.45) is 4.33. The highest BCUT2D eigenvalue weighted by Gasteiger charge is 2.23. The van der Waals surface area contributed by atoms with Gasteiger partial charge in [0, 0.05) is 5.56 Å². The van der Waals surface area contributed by atoms with Crippen LogP contribution < -0.4 is 0 Å². The molecule has 0 heterocycles. The number of benzene rings is 1. The van der Waals surface area contributed by atoms with Crippen molar-refractivity contribution in [2.45, 2.75) is 65.7 Å². The van der Waals surface area contributed by atoms with Crippen molar-refractivity contribution in [3.05, 3.63) is 28.8 Å². The Morgan fingerprint density at radius 2 is 1.82 bits per heavy atom. The van der Waals surface area contributed by atoms with E-state index in [0.717, 1.165) is 30.4 Å². The summed E-state index contributed by atoms with van der Waals surface area (Å²) in [6, 6.07) is 4.26. The number of aromatic hydroxyl groups is 1.